The Morgan fingerprint density at radius 1 is 1.42 bits per heavy atom. The molecule has 2 N–H and O–H groups in total. The van der Waals surface area contributed by atoms with E-state index in [0.29, 0.717) is 5.92 Å². The molecule has 0 aromatic heterocycles. The quantitative estimate of drug-likeness (QED) is 0.634. The lowest BCUT2D eigenvalue weighted by molar-refractivity contribution is 0.215. The van der Waals surface area contributed by atoms with Crippen molar-refractivity contribution in [2.24, 2.45) is 5.92 Å². The number of amides is 2. The van der Waals surface area contributed by atoms with Crippen molar-refractivity contribution in [3.05, 3.63) is 0 Å². The van der Waals surface area contributed by atoms with Gasteiger partial charge in [0.1, 0.15) is 0 Å². The highest BCUT2D eigenvalue weighted by Crippen LogP contribution is 1.89. The second kappa shape index (κ2) is 5.83. The standard InChI is InChI=1S/C8H19N3O/c1-7(5-9-2)6-10-8(12)11(3)4/h7,9H,5-6H2,1-4H3,(H,10,12). The van der Waals surface area contributed by atoms with Crippen LogP contribution >= 0.6 is 0 Å². The molecular formula is C8H19N3O. The van der Waals surface area contributed by atoms with Gasteiger partial charge in [0.05, 0.1) is 0 Å². The highest BCUT2D eigenvalue weighted by Gasteiger charge is 2.04. The molecule has 0 aliphatic heterocycles. The zero-order valence-corrected chi connectivity index (χ0v) is 8.35. The van der Waals surface area contributed by atoms with Gasteiger partial charge in [0.2, 0.25) is 0 Å². The lowest BCUT2D eigenvalue weighted by atomic mass is 10.2. The Morgan fingerprint density at radius 3 is 2.42 bits per heavy atom. The van der Waals surface area contributed by atoms with Crippen molar-refractivity contribution in [3.8, 4) is 0 Å². The highest BCUT2D eigenvalue weighted by molar-refractivity contribution is 5.73. The third-order valence-corrected chi connectivity index (χ3v) is 1.56. The Hall–Kier alpha value is -0.770. The van der Waals surface area contributed by atoms with Crippen LogP contribution in [0.4, 0.5) is 4.79 Å². The molecule has 0 aliphatic rings. The van der Waals surface area contributed by atoms with Gasteiger partial charge in [0, 0.05) is 20.6 Å². The van der Waals surface area contributed by atoms with Crippen molar-refractivity contribution in [1.82, 2.24) is 15.5 Å². The lowest BCUT2D eigenvalue weighted by Gasteiger charge is -2.15. The van der Waals surface area contributed by atoms with Crippen LogP contribution in [0.1, 0.15) is 6.92 Å². The largest absolute Gasteiger partial charge is 0.338 e. The first kappa shape index (κ1) is 11.2. The number of hydrogen-bond donors (Lipinski definition) is 2. The van der Waals surface area contributed by atoms with Gasteiger partial charge in [-0.25, -0.2) is 4.79 Å². The van der Waals surface area contributed by atoms with E-state index in [0.717, 1.165) is 13.1 Å². The molecule has 0 saturated heterocycles. The second-order valence-electron chi connectivity index (χ2n) is 3.24. The Bertz CT molecular complexity index is 136. The molecule has 2 amide bonds. The fraction of sp³-hybridized carbons (Fsp3) is 0.875. The maximum atomic E-state index is 11.0. The maximum Gasteiger partial charge on any atom is 0.316 e. The molecule has 1 atom stereocenters. The monoisotopic (exact) mass is 173 g/mol. The van der Waals surface area contributed by atoms with E-state index in [1.54, 1.807) is 14.1 Å². The normalized spacial score (nSPS) is 12.3. The molecule has 0 spiro atoms. The van der Waals surface area contributed by atoms with E-state index in [2.05, 4.69) is 17.6 Å². The molecule has 0 saturated carbocycles. The van der Waals surface area contributed by atoms with Crippen molar-refractivity contribution in [2.75, 3.05) is 34.2 Å². The summed E-state index contributed by atoms with van der Waals surface area (Å²) in [7, 11) is 5.38. The summed E-state index contributed by atoms with van der Waals surface area (Å²) in [4.78, 5) is 12.6. The molecule has 0 aromatic rings. The fourth-order valence-electron chi connectivity index (χ4n) is 0.840. The van der Waals surface area contributed by atoms with E-state index in [-0.39, 0.29) is 6.03 Å². The maximum absolute atomic E-state index is 11.0. The van der Waals surface area contributed by atoms with E-state index in [1.165, 1.54) is 4.90 Å². The third kappa shape index (κ3) is 4.96. The zero-order valence-electron chi connectivity index (χ0n) is 8.35. The van der Waals surface area contributed by atoms with Gasteiger partial charge in [0.25, 0.3) is 0 Å². The minimum absolute atomic E-state index is 0.0297. The molecule has 0 heterocycles. The van der Waals surface area contributed by atoms with Crippen LogP contribution < -0.4 is 10.6 Å². The van der Waals surface area contributed by atoms with E-state index >= 15 is 0 Å². The summed E-state index contributed by atoms with van der Waals surface area (Å²) in [6.45, 7) is 3.73. The first-order chi connectivity index (χ1) is 5.57. The van der Waals surface area contributed by atoms with Crippen LogP contribution in [0, 0.1) is 5.92 Å². The molecular weight excluding hydrogens is 154 g/mol. The fourth-order valence-corrected chi connectivity index (χ4v) is 0.840. The average Bonchev–Trinajstić information content (AvgIpc) is 2.00. The molecule has 0 bridgehead atoms. The highest BCUT2D eigenvalue weighted by atomic mass is 16.2. The molecule has 0 aromatic carbocycles. The molecule has 0 fully saturated rings. The van der Waals surface area contributed by atoms with E-state index < -0.39 is 0 Å². The van der Waals surface area contributed by atoms with Gasteiger partial charge in [0.15, 0.2) is 0 Å². The SMILES string of the molecule is CNCC(C)CNC(=O)N(C)C. The Balaban J connectivity index is 3.47. The van der Waals surface area contributed by atoms with Crippen molar-refractivity contribution < 1.29 is 4.79 Å². The number of rotatable bonds is 4. The zero-order chi connectivity index (χ0) is 9.56. The predicted octanol–water partition coefficient (Wildman–Crippen LogP) is 0.113. The van der Waals surface area contributed by atoms with E-state index in [1.807, 2.05) is 7.05 Å². The molecule has 0 rings (SSSR count). The summed E-state index contributed by atoms with van der Waals surface area (Å²) in [5.41, 5.74) is 0. The van der Waals surface area contributed by atoms with Gasteiger partial charge in [-0.15, -0.1) is 0 Å². The van der Waals surface area contributed by atoms with Crippen LogP contribution in [0.3, 0.4) is 0 Å². The molecule has 1 unspecified atom stereocenters. The van der Waals surface area contributed by atoms with Gasteiger partial charge in [-0.05, 0) is 19.5 Å². The summed E-state index contributed by atoms with van der Waals surface area (Å²) in [6.07, 6.45) is 0. The first-order valence-electron chi connectivity index (χ1n) is 4.17. The lowest BCUT2D eigenvalue weighted by Crippen LogP contribution is -2.38. The van der Waals surface area contributed by atoms with Crippen LogP contribution in [0.15, 0.2) is 0 Å². The smallest absolute Gasteiger partial charge is 0.316 e. The average molecular weight is 173 g/mol. The van der Waals surface area contributed by atoms with Crippen LogP contribution in [-0.4, -0.2) is 45.2 Å². The topological polar surface area (TPSA) is 44.4 Å². The Kier molecular flexibility index (Phi) is 5.45. The predicted molar refractivity (Wildman–Crippen MR) is 50.2 cm³/mol. The number of hydrogen-bond acceptors (Lipinski definition) is 2. The molecule has 72 valence electrons. The minimum Gasteiger partial charge on any atom is -0.338 e. The summed E-state index contributed by atoms with van der Waals surface area (Å²) in [5, 5.41) is 5.87. The van der Waals surface area contributed by atoms with Crippen LogP contribution in [0.5, 0.6) is 0 Å². The van der Waals surface area contributed by atoms with E-state index in [4.69, 9.17) is 0 Å². The molecule has 4 heteroatoms. The molecule has 0 radical (unpaired) electrons. The number of nitrogens with one attached hydrogen (secondary N) is 2. The van der Waals surface area contributed by atoms with Gasteiger partial charge in [-0.1, -0.05) is 6.92 Å². The Labute approximate surface area is 74.3 Å². The van der Waals surface area contributed by atoms with Crippen LogP contribution in [0.25, 0.3) is 0 Å². The van der Waals surface area contributed by atoms with Gasteiger partial charge in [-0.3, -0.25) is 0 Å². The summed E-state index contributed by atoms with van der Waals surface area (Å²) in [5.74, 6) is 0.471. The van der Waals surface area contributed by atoms with Gasteiger partial charge >= 0.3 is 6.03 Å². The third-order valence-electron chi connectivity index (χ3n) is 1.56. The number of nitrogens with zero attached hydrogens (tertiary/aromatic N) is 1. The number of carbonyl (C=O) groups is 1. The van der Waals surface area contributed by atoms with Gasteiger partial charge < -0.3 is 15.5 Å². The van der Waals surface area contributed by atoms with Crippen molar-refractivity contribution in [3.63, 3.8) is 0 Å². The molecule has 12 heavy (non-hydrogen) atoms. The van der Waals surface area contributed by atoms with Crippen molar-refractivity contribution in [1.29, 1.82) is 0 Å². The molecule has 0 aliphatic carbocycles. The second-order valence-corrected chi connectivity index (χ2v) is 3.24. The molecule has 4 nitrogen and oxygen atoms in total. The Morgan fingerprint density at radius 2 is 2.00 bits per heavy atom. The summed E-state index contributed by atoms with van der Waals surface area (Å²) in [6, 6.07) is -0.0297. The number of carbonyl (C=O) groups excluding carboxylic acids is 1. The summed E-state index contributed by atoms with van der Waals surface area (Å²) >= 11 is 0. The van der Waals surface area contributed by atoms with Crippen molar-refractivity contribution >= 4 is 6.03 Å². The minimum atomic E-state index is -0.0297. The van der Waals surface area contributed by atoms with Gasteiger partial charge in [-0.2, -0.15) is 0 Å². The first-order valence-corrected chi connectivity index (χ1v) is 4.17. The van der Waals surface area contributed by atoms with E-state index in [9.17, 15) is 4.79 Å². The van der Waals surface area contributed by atoms with Crippen LogP contribution in [-0.2, 0) is 0 Å². The number of urea groups is 1. The van der Waals surface area contributed by atoms with Crippen molar-refractivity contribution in [2.45, 2.75) is 6.92 Å². The summed E-state index contributed by atoms with van der Waals surface area (Å²) < 4.78 is 0. The van der Waals surface area contributed by atoms with Crippen LogP contribution in [0.2, 0.25) is 0 Å².